The fourth-order valence-corrected chi connectivity index (χ4v) is 2.69. The minimum atomic E-state index is 0.317. The Balaban J connectivity index is 1.79. The summed E-state index contributed by atoms with van der Waals surface area (Å²) in [6.07, 6.45) is 2.94. The molecule has 1 N–H and O–H groups in total. The highest BCUT2D eigenvalue weighted by Crippen LogP contribution is 2.19. The molecule has 1 unspecified atom stereocenters. The van der Waals surface area contributed by atoms with Crippen molar-refractivity contribution in [1.82, 2.24) is 10.3 Å². The van der Waals surface area contributed by atoms with E-state index in [0.717, 1.165) is 23.7 Å². The van der Waals surface area contributed by atoms with E-state index in [0.29, 0.717) is 6.04 Å². The van der Waals surface area contributed by atoms with Crippen molar-refractivity contribution in [1.29, 1.82) is 0 Å². The number of nitrogens with zero attached hydrogens (tertiary/aromatic N) is 1. The molecule has 2 aromatic rings. The van der Waals surface area contributed by atoms with Crippen LogP contribution in [0.2, 0.25) is 0 Å². The molecule has 0 bridgehead atoms. The number of hydrogen-bond donors (Lipinski definition) is 1. The van der Waals surface area contributed by atoms with Crippen LogP contribution in [0.4, 0.5) is 0 Å². The van der Waals surface area contributed by atoms with Crippen molar-refractivity contribution in [3.8, 4) is 5.75 Å². The van der Waals surface area contributed by atoms with E-state index in [4.69, 9.17) is 4.74 Å². The van der Waals surface area contributed by atoms with E-state index < -0.39 is 0 Å². The van der Waals surface area contributed by atoms with Crippen LogP contribution >= 0.6 is 11.3 Å². The molecule has 19 heavy (non-hydrogen) atoms. The third-order valence-corrected chi connectivity index (χ3v) is 4.13. The molecule has 1 aromatic heterocycles. The molecule has 0 radical (unpaired) electrons. The molecular formula is C15H20N2OS. The van der Waals surface area contributed by atoms with Gasteiger partial charge in [-0.05, 0) is 44.5 Å². The second-order valence-corrected chi connectivity index (χ2v) is 5.85. The normalized spacial score (nSPS) is 12.4. The van der Waals surface area contributed by atoms with Gasteiger partial charge in [-0.1, -0.05) is 12.1 Å². The van der Waals surface area contributed by atoms with Crippen molar-refractivity contribution < 1.29 is 4.74 Å². The lowest BCUT2D eigenvalue weighted by Gasteiger charge is -2.11. The van der Waals surface area contributed by atoms with Crippen LogP contribution < -0.4 is 10.1 Å². The third kappa shape index (κ3) is 4.04. The van der Waals surface area contributed by atoms with Gasteiger partial charge in [-0.3, -0.25) is 0 Å². The third-order valence-electron chi connectivity index (χ3n) is 3.03. The fraction of sp³-hybridized carbons (Fsp3) is 0.400. The van der Waals surface area contributed by atoms with Crippen molar-refractivity contribution in [2.45, 2.75) is 26.3 Å². The molecule has 1 heterocycles. The molecule has 0 fully saturated rings. The zero-order valence-corrected chi connectivity index (χ0v) is 12.5. The van der Waals surface area contributed by atoms with Crippen molar-refractivity contribution in [2.75, 3.05) is 13.7 Å². The molecule has 0 aliphatic heterocycles. The number of methoxy groups -OCH3 is 1. The second kappa shape index (κ2) is 6.68. The minimum Gasteiger partial charge on any atom is -0.497 e. The van der Waals surface area contributed by atoms with Crippen LogP contribution in [0.25, 0.3) is 0 Å². The van der Waals surface area contributed by atoms with Crippen LogP contribution in [0.5, 0.6) is 5.75 Å². The summed E-state index contributed by atoms with van der Waals surface area (Å²) in [7, 11) is 1.69. The molecule has 0 saturated heterocycles. The standard InChI is InChI=1S/C15H20N2OS/c1-11-10-17-15(19-11)12(2)16-9-8-13-4-6-14(18-3)7-5-13/h4-7,10,12,16H,8-9H2,1-3H3. The lowest BCUT2D eigenvalue weighted by molar-refractivity contribution is 0.414. The Hall–Kier alpha value is -1.39. The number of hydrogen-bond acceptors (Lipinski definition) is 4. The smallest absolute Gasteiger partial charge is 0.118 e. The van der Waals surface area contributed by atoms with Gasteiger partial charge in [0.05, 0.1) is 13.2 Å². The van der Waals surface area contributed by atoms with Crippen LogP contribution in [0.1, 0.15) is 28.4 Å². The van der Waals surface area contributed by atoms with Crippen LogP contribution in [0.3, 0.4) is 0 Å². The zero-order chi connectivity index (χ0) is 13.7. The molecule has 3 nitrogen and oxygen atoms in total. The predicted octanol–water partition coefficient (Wildman–Crippen LogP) is 3.35. The Kier molecular flexibility index (Phi) is 4.93. The maximum atomic E-state index is 5.15. The Labute approximate surface area is 118 Å². The summed E-state index contributed by atoms with van der Waals surface area (Å²) < 4.78 is 5.15. The average molecular weight is 276 g/mol. The highest BCUT2D eigenvalue weighted by molar-refractivity contribution is 7.11. The predicted molar refractivity (Wildman–Crippen MR) is 80.0 cm³/mol. The lowest BCUT2D eigenvalue weighted by atomic mass is 10.1. The van der Waals surface area contributed by atoms with Crippen molar-refractivity contribution >= 4 is 11.3 Å². The summed E-state index contributed by atoms with van der Waals surface area (Å²) in [6, 6.07) is 8.54. The molecule has 4 heteroatoms. The SMILES string of the molecule is COc1ccc(CCNC(C)c2ncc(C)s2)cc1. The van der Waals surface area contributed by atoms with Crippen molar-refractivity contribution in [3.63, 3.8) is 0 Å². The average Bonchev–Trinajstić information content (AvgIpc) is 2.86. The molecule has 102 valence electrons. The first kappa shape index (κ1) is 14.0. The summed E-state index contributed by atoms with van der Waals surface area (Å²) in [5, 5.41) is 4.67. The molecule has 0 spiro atoms. The topological polar surface area (TPSA) is 34.1 Å². The molecule has 0 amide bonds. The van der Waals surface area contributed by atoms with E-state index in [9.17, 15) is 0 Å². The largest absolute Gasteiger partial charge is 0.497 e. The number of benzene rings is 1. The van der Waals surface area contributed by atoms with Gasteiger partial charge in [0.15, 0.2) is 0 Å². The van der Waals surface area contributed by atoms with Gasteiger partial charge in [0.25, 0.3) is 0 Å². The first-order valence-electron chi connectivity index (χ1n) is 6.47. The molecular weight excluding hydrogens is 256 g/mol. The summed E-state index contributed by atoms with van der Waals surface area (Å²) in [4.78, 5) is 5.67. The number of aryl methyl sites for hydroxylation is 1. The van der Waals surface area contributed by atoms with Crippen molar-refractivity contribution in [3.05, 3.63) is 45.9 Å². The Bertz CT molecular complexity index is 507. The Morgan fingerprint density at radius 2 is 2.05 bits per heavy atom. The van der Waals surface area contributed by atoms with E-state index >= 15 is 0 Å². The summed E-state index contributed by atoms with van der Waals surface area (Å²) in [5.74, 6) is 0.906. The molecule has 0 aliphatic carbocycles. The van der Waals surface area contributed by atoms with E-state index in [1.165, 1.54) is 10.4 Å². The van der Waals surface area contributed by atoms with E-state index in [-0.39, 0.29) is 0 Å². The molecule has 0 saturated carbocycles. The van der Waals surface area contributed by atoms with E-state index in [1.807, 2.05) is 18.3 Å². The number of aromatic nitrogens is 1. The number of ether oxygens (including phenoxy) is 1. The van der Waals surface area contributed by atoms with Gasteiger partial charge in [0.1, 0.15) is 10.8 Å². The number of nitrogens with one attached hydrogen (secondary N) is 1. The van der Waals surface area contributed by atoms with Gasteiger partial charge >= 0.3 is 0 Å². The first-order chi connectivity index (χ1) is 9.19. The summed E-state index contributed by atoms with van der Waals surface area (Å²) in [5.41, 5.74) is 1.32. The maximum absolute atomic E-state index is 5.15. The van der Waals surface area contributed by atoms with Gasteiger partial charge in [0.2, 0.25) is 0 Å². The van der Waals surface area contributed by atoms with Gasteiger partial charge in [-0.2, -0.15) is 0 Å². The van der Waals surface area contributed by atoms with E-state index in [1.54, 1.807) is 18.4 Å². The van der Waals surface area contributed by atoms with Crippen LogP contribution in [0, 0.1) is 6.92 Å². The van der Waals surface area contributed by atoms with E-state index in [2.05, 4.69) is 36.3 Å². The Morgan fingerprint density at radius 3 is 2.63 bits per heavy atom. The van der Waals surface area contributed by atoms with Gasteiger partial charge in [-0.25, -0.2) is 4.98 Å². The van der Waals surface area contributed by atoms with Gasteiger partial charge in [0, 0.05) is 11.1 Å². The van der Waals surface area contributed by atoms with Crippen LogP contribution in [0.15, 0.2) is 30.5 Å². The summed E-state index contributed by atoms with van der Waals surface area (Å²) >= 11 is 1.76. The van der Waals surface area contributed by atoms with Gasteiger partial charge in [-0.15, -0.1) is 11.3 Å². The van der Waals surface area contributed by atoms with Crippen LogP contribution in [-0.2, 0) is 6.42 Å². The quantitative estimate of drug-likeness (QED) is 0.878. The highest BCUT2D eigenvalue weighted by atomic mass is 32.1. The zero-order valence-electron chi connectivity index (χ0n) is 11.6. The van der Waals surface area contributed by atoms with Crippen LogP contribution in [-0.4, -0.2) is 18.6 Å². The summed E-state index contributed by atoms with van der Waals surface area (Å²) in [6.45, 7) is 5.20. The maximum Gasteiger partial charge on any atom is 0.118 e. The second-order valence-electron chi connectivity index (χ2n) is 4.58. The fourth-order valence-electron chi connectivity index (χ4n) is 1.88. The lowest BCUT2D eigenvalue weighted by Crippen LogP contribution is -2.21. The minimum absolute atomic E-state index is 0.317. The molecule has 1 aromatic carbocycles. The first-order valence-corrected chi connectivity index (χ1v) is 7.29. The van der Waals surface area contributed by atoms with Crippen molar-refractivity contribution in [2.24, 2.45) is 0 Å². The number of thiazole rings is 1. The molecule has 1 atom stereocenters. The van der Waals surface area contributed by atoms with Gasteiger partial charge < -0.3 is 10.1 Å². The highest BCUT2D eigenvalue weighted by Gasteiger charge is 2.08. The molecule has 2 rings (SSSR count). The Morgan fingerprint density at radius 1 is 1.32 bits per heavy atom. The monoisotopic (exact) mass is 276 g/mol. The molecule has 0 aliphatic rings. The number of rotatable bonds is 6.